The van der Waals surface area contributed by atoms with Crippen molar-refractivity contribution < 1.29 is 46.5 Å². The molecule has 12 heteroatoms. The van der Waals surface area contributed by atoms with E-state index in [1.54, 1.807) is 17.9 Å². The summed E-state index contributed by atoms with van der Waals surface area (Å²) in [6.45, 7) is 6.18. The van der Waals surface area contributed by atoms with Crippen LogP contribution in [-0.4, -0.2) is 80.5 Å². The van der Waals surface area contributed by atoms with Crippen LogP contribution in [0, 0.1) is 5.41 Å². The first-order valence-electron chi connectivity index (χ1n) is 14.5. The molecule has 2 bridgehead atoms. The molecular weight excluding hydrogens is 557 g/mol. The van der Waals surface area contributed by atoms with Gasteiger partial charge >= 0.3 is 12.1 Å². The number of amides is 2. The summed E-state index contributed by atoms with van der Waals surface area (Å²) in [4.78, 5) is 38.4. The summed E-state index contributed by atoms with van der Waals surface area (Å²) in [7, 11) is 1.14. The highest BCUT2D eigenvalue weighted by Gasteiger charge is 2.43. The van der Waals surface area contributed by atoms with Gasteiger partial charge in [-0.05, 0) is 82.9 Å². The molecule has 2 amide bonds. The first-order chi connectivity index (χ1) is 19.8. The molecule has 1 aliphatic carbocycles. The van der Waals surface area contributed by atoms with Gasteiger partial charge in [-0.15, -0.1) is 0 Å². The lowest BCUT2D eigenvalue weighted by Gasteiger charge is -2.46. The van der Waals surface area contributed by atoms with Gasteiger partial charge in [0.1, 0.15) is 11.8 Å². The van der Waals surface area contributed by atoms with E-state index in [1.807, 2.05) is 0 Å². The van der Waals surface area contributed by atoms with Crippen LogP contribution in [0.5, 0.6) is 5.75 Å². The van der Waals surface area contributed by atoms with Gasteiger partial charge in [-0.2, -0.15) is 13.2 Å². The van der Waals surface area contributed by atoms with E-state index in [0.29, 0.717) is 57.2 Å². The van der Waals surface area contributed by atoms with Gasteiger partial charge < -0.3 is 29.2 Å². The number of likely N-dealkylation sites (tertiary alicyclic amines) is 1. The van der Waals surface area contributed by atoms with E-state index in [0.717, 1.165) is 38.9 Å². The number of rotatable bonds is 11. The number of ether oxygens (including phenoxy) is 4. The summed E-state index contributed by atoms with van der Waals surface area (Å²) in [5.74, 6) is -1.75. The Kier molecular flexibility index (Phi) is 9.76. The number of hydrogen-bond donors (Lipinski definition) is 1. The molecule has 234 valence electrons. The van der Waals surface area contributed by atoms with E-state index in [2.05, 4.69) is 10.1 Å². The Morgan fingerprint density at radius 3 is 2.38 bits per heavy atom. The van der Waals surface area contributed by atoms with Gasteiger partial charge in [-0.25, -0.2) is 4.79 Å². The number of methoxy groups -OCH3 is 1. The molecule has 4 aliphatic rings. The van der Waals surface area contributed by atoms with Crippen molar-refractivity contribution in [3.8, 4) is 5.75 Å². The molecule has 42 heavy (non-hydrogen) atoms. The second kappa shape index (κ2) is 12.8. The minimum atomic E-state index is -4.71. The van der Waals surface area contributed by atoms with E-state index < -0.39 is 41.2 Å². The molecule has 5 rings (SSSR count). The van der Waals surface area contributed by atoms with E-state index >= 15 is 0 Å². The number of halogens is 3. The summed E-state index contributed by atoms with van der Waals surface area (Å²) in [5.41, 5.74) is -2.17. The van der Waals surface area contributed by atoms with Crippen LogP contribution in [-0.2, 0) is 34.8 Å². The van der Waals surface area contributed by atoms with Crippen LogP contribution in [0.15, 0.2) is 18.2 Å². The number of fused-ring (bicyclic) bond motifs is 3. The lowest BCUT2D eigenvalue weighted by Crippen LogP contribution is -2.54. The highest BCUT2D eigenvalue weighted by Crippen LogP contribution is 2.44. The molecule has 3 heterocycles. The lowest BCUT2D eigenvalue weighted by atomic mass is 9.72. The third kappa shape index (κ3) is 7.19. The van der Waals surface area contributed by atoms with Gasteiger partial charge in [0.15, 0.2) is 5.60 Å². The van der Waals surface area contributed by atoms with E-state index in [1.165, 1.54) is 19.9 Å². The Balaban J connectivity index is 1.39. The summed E-state index contributed by atoms with van der Waals surface area (Å²) in [6, 6.07) is 2.98. The fourth-order valence-electron chi connectivity index (χ4n) is 6.18. The molecule has 2 atom stereocenters. The predicted molar refractivity (Wildman–Crippen MR) is 146 cm³/mol. The summed E-state index contributed by atoms with van der Waals surface area (Å²) in [6.07, 6.45) is 0.499. The molecule has 0 radical (unpaired) electrons. The van der Waals surface area contributed by atoms with Crippen LogP contribution in [0.25, 0.3) is 0 Å². The number of nitrogens with zero attached hydrogens (tertiary/aromatic N) is 1. The molecule has 9 nitrogen and oxygen atoms in total. The van der Waals surface area contributed by atoms with Gasteiger partial charge in [0.2, 0.25) is 12.3 Å². The van der Waals surface area contributed by atoms with Crippen molar-refractivity contribution in [2.45, 2.75) is 95.2 Å². The van der Waals surface area contributed by atoms with Crippen LogP contribution in [0.3, 0.4) is 0 Å². The lowest BCUT2D eigenvalue weighted by molar-refractivity contribution is -0.158. The SMILES string of the molecule is COC(=O)C(C)(C)Oc1ccc(C2CCN(C(=O)[C@@H](NC=O)[C@@H](C)OCC34CCC(CC3)OC4)CC2)cc1C(F)(F)F. The Morgan fingerprint density at radius 2 is 1.83 bits per heavy atom. The van der Waals surface area contributed by atoms with Crippen molar-refractivity contribution in [1.29, 1.82) is 0 Å². The molecule has 1 aromatic rings. The number of hydrogen-bond acceptors (Lipinski definition) is 7. The van der Waals surface area contributed by atoms with E-state index in [9.17, 15) is 27.6 Å². The molecule has 1 saturated carbocycles. The number of carbonyl (C=O) groups excluding carboxylic acids is 3. The second-order valence-electron chi connectivity index (χ2n) is 12.2. The number of alkyl halides is 3. The zero-order chi connectivity index (χ0) is 30.7. The van der Waals surface area contributed by atoms with Crippen molar-refractivity contribution in [3.63, 3.8) is 0 Å². The number of esters is 1. The molecular formula is C30H41F3N2O7. The number of piperidine rings is 1. The van der Waals surface area contributed by atoms with E-state index in [-0.39, 0.29) is 17.2 Å². The van der Waals surface area contributed by atoms with Crippen LogP contribution in [0.2, 0.25) is 0 Å². The number of nitrogens with one attached hydrogen (secondary N) is 1. The van der Waals surface area contributed by atoms with Gasteiger partial charge in [-0.1, -0.05) is 6.07 Å². The molecule has 4 fully saturated rings. The van der Waals surface area contributed by atoms with Crippen LogP contribution in [0.1, 0.15) is 76.3 Å². The maximum atomic E-state index is 14.0. The summed E-state index contributed by atoms with van der Waals surface area (Å²) >= 11 is 0. The average molecular weight is 599 g/mol. The zero-order valence-electron chi connectivity index (χ0n) is 24.6. The fourth-order valence-corrected chi connectivity index (χ4v) is 6.18. The standard InChI is InChI=1S/C30H41F3N2O7/c1-19(40-16-29-11-7-22(8-12-29)41-17-29)25(34-18-36)26(37)35-13-9-20(10-14-35)21-5-6-24(23(15-21)30(31,32)33)42-28(2,3)27(38)39-4/h5-6,15,18-20,22,25H,7-14,16-17H2,1-4H3,(H,34,36)/t19-,22?,25+,29?/m1/s1. The highest BCUT2D eigenvalue weighted by atomic mass is 19.4. The maximum absolute atomic E-state index is 14.0. The molecule has 0 unspecified atom stereocenters. The van der Waals surface area contributed by atoms with Gasteiger partial charge in [0.05, 0.1) is 38.1 Å². The Labute approximate surface area is 244 Å². The van der Waals surface area contributed by atoms with Crippen LogP contribution in [0.4, 0.5) is 13.2 Å². The molecule has 0 spiro atoms. The van der Waals surface area contributed by atoms with Gasteiger partial charge in [0, 0.05) is 18.5 Å². The predicted octanol–water partition coefficient (Wildman–Crippen LogP) is 4.22. The molecule has 1 N–H and O–H groups in total. The summed E-state index contributed by atoms with van der Waals surface area (Å²) in [5, 5.41) is 2.61. The maximum Gasteiger partial charge on any atom is 0.419 e. The first-order valence-corrected chi connectivity index (χ1v) is 14.5. The number of carbonyl (C=O) groups is 3. The second-order valence-corrected chi connectivity index (χ2v) is 12.2. The zero-order valence-corrected chi connectivity index (χ0v) is 24.6. The Morgan fingerprint density at radius 1 is 1.17 bits per heavy atom. The molecule has 1 aromatic carbocycles. The molecule has 3 aliphatic heterocycles. The van der Waals surface area contributed by atoms with Crippen LogP contribution < -0.4 is 10.1 Å². The van der Waals surface area contributed by atoms with Gasteiger partial charge in [-0.3, -0.25) is 9.59 Å². The smallest absolute Gasteiger partial charge is 0.419 e. The molecule has 0 aromatic heterocycles. The van der Waals surface area contributed by atoms with Crippen molar-refractivity contribution in [3.05, 3.63) is 29.3 Å². The largest absolute Gasteiger partial charge is 0.476 e. The first kappa shape index (κ1) is 32.1. The van der Waals surface area contributed by atoms with Crippen molar-refractivity contribution >= 4 is 18.3 Å². The fraction of sp³-hybridized carbons (Fsp3) is 0.700. The van der Waals surface area contributed by atoms with Crippen molar-refractivity contribution in [2.75, 3.05) is 33.4 Å². The molecule has 3 saturated heterocycles. The summed E-state index contributed by atoms with van der Waals surface area (Å²) < 4.78 is 64.0. The third-order valence-electron chi connectivity index (χ3n) is 8.88. The minimum absolute atomic E-state index is 0.0545. The number of benzene rings is 1. The van der Waals surface area contributed by atoms with Gasteiger partial charge in [0.25, 0.3) is 0 Å². The monoisotopic (exact) mass is 598 g/mol. The minimum Gasteiger partial charge on any atom is -0.476 e. The quantitative estimate of drug-likeness (QED) is 0.301. The highest BCUT2D eigenvalue weighted by molar-refractivity contribution is 5.84. The van der Waals surface area contributed by atoms with Crippen molar-refractivity contribution in [1.82, 2.24) is 10.2 Å². The Hall–Kier alpha value is -2.86. The third-order valence-corrected chi connectivity index (χ3v) is 8.88. The topological polar surface area (TPSA) is 103 Å². The van der Waals surface area contributed by atoms with Crippen molar-refractivity contribution in [2.24, 2.45) is 5.41 Å². The van der Waals surface area contributed by atoms with Crippen LogP contribution >= 0.6 is 0 Å². The normalized spacial score (nSPS) is 24.5. The van der Waals surface area contributed by atoms with E-state index in [4.69, 9.17) is 14.2 Å². The average Bonchev–Trinajstić information content (AvgIpc) is 2.98. The Bertz CT molecular complexity index is 1110.